The van der Waals surface area contributed by atoms with Gasteiger partial charge in [-0.25, -0.2) is 0 Å². The number of fused-ring (bicyclic) bond motifs is 1. The summed E-state index contributed by atoms with van der Waals surface area (Å²) >= 11 is 1.58. The molecule has 0 fully saturated rings. The monoisotopic (exact) mass is 376 g/mol. The standard InChI is InChI=1S/C22H20N2O2S/c1-15-7-2-5-10-18(15)23-21(25)13-19(20-11-6-12-27-20)24-14-16-8-3-4-9-17(16)22(24)26/h2-12,19H,13-14H2,1H3,(H,23,25)/t19-/m0/s1. The van der Waals surface area contributed by atoms with Gasteiger partial charge in [-0.3, -0.25) is 9.59 Å². The molecule has 27 heavy (non-hydrogen) atoms. The van der Waals surface area contributed by atoms with E-state index in [1.165, 1.54) is 0 Å². The van der Waals surface area contributed by atoms with Crippen molar-refractivity contribution < 1.29 is 9.59 Å². The lowest BCUT2D eigenvalue weighted by molar-refractivity contribution is -0.117. The van der Waals surface area contributed by atoms with Crippen molar-refractivity contribution in [2.24, 2.45) is 0 Å². The molecule has 0 unspecified atom stereocenters. The van der Waals surface area contributed by atoms with Crippen LogP contribution in [0.4, 0.5) is 5.69 Å². The molecule has 1 atom stereocenters. The van der Waals surface area contributed by atoms with Crippen LogP contribution in [0.1, 0.15) is 38.8 Å². The summed E-state index contributed by atoms with van der Waals surface area (Å²) in [6, 6.07) is 19.0. The molecule has 0 radical (unpaired) electrons. The number of benzene rings is 2. The minimum atomic E-state index is -0.270. The van der Waals surface area contributed by atoms with Gasteiger partial charge in [0.1, 0.15) is 0 Å². The summed E-state index contributed by atoms with van der Waals surface area (Å²) in [5, 5.41) is 4.97. The maximum Gasteiger partial charge on any atom is 0.255 e. The fourth-order valence-electron chi connectivity index (χ4n) is 3.46. The minimum absolute atomic E-state index is 0.00677. The largest absolute Gasteiger partial charge is 0.326 e. The fourth-order valence-corrected chi connectivity index (χ4v) is 4.30. The van der Waals surface area contributed by atoms with Gasteiger partial charge in [-0.05, 0) is 41.6 Å². The van der Waals surface area contributed by atoms with Crippen molar-refractivity contribution in [2.45, 2.75) is 25.9 Å². The SMILES string of the molecule is Cc1ccccc1NC(=O)C[C@@H](c1cccs1)N1Cc2ccccc2C1=O. The van der Waals surface area contributed by atoms with Crippen LogP contribution < -0.4 is 5.32 Å². The van der Waals surface area contributed by atoms with Gasteiger partial charge in [0.2, 0.25) is 5.91 Å². The number of thiophene rings is 1. The number of nitrogens with zero attached hydrogens (tertiary/aromatic N) is 1. The Hall–Kier alpha value is -2.92. The zero-order valence-corrected chi connectivity index (χ0v) is 15.8. The average Bonchev–Trinajstić information content (AvgIpc) is 3.31. The number of hydrogen-bond acceptors (Lipinski definition) is 3. The minimum Gasteiger partial charge on any atom is -0.326 e. The molecular formula is C22H20N2O2S. The van der Waals surface area contributed by atoms with Gasteiger partial charge in [0, 0.05) is 22.7 Å². The van der Waals surface area contributed by atoms with Gasteiger partial charge in [0.15, 0.2) is 0 Å². The third kappa shape index (κ3) is 3.51. The number of amides is 2. The molecule has 4 nitrogen and oxygen atoms in total. The number of hydrogen-bond donors (Lipinski definition) is 1. The number of rotatable bonds is 5. The summed E-state index contributed by atoms with van der Waals surface area (Å²) in [5.74, 6) is -0.0980. The van der Waals surface area contributed by atoms with Crippen molar-refractivity contribution in [3.8, 4) is 0 Å². The van der Waals surface area contributed by atoms with Crippen LogP contribution in [0.5, 0.6) is 0 Å². The number of carbonyl (C=O) groups is 2. The van der Waals surface area contributed by atoms with E-state index in [-0.39, 0.29) is 24.3 Å². The third-order valence-electron chi connectivity index (χ3n) is 4.90. The zero-order chi connectivity index (χ0) is 18.8. The van der Waals surface area contributed by atoms with Gasteiger partial charge in [0.05, 0.1) is 12.5 Å². The Balaban J connectivity index is 1.57. The summed E-state index contributed by atoms with van der Waals surface area (Å²) in [7, 11) is 0. The molecule has 2 amide bonds. The van der Waals surface area contributed by atoms with Crippen LogP contribution in [-0.2, 0) is 11.3 Å². The van der Waals surface area contributed by atoms with Gasteiger partial charge < -0.3 is 10.2 Å². The van der Waals surface area contributed by atoms with Gasteiger partial charge in [0.25, 0.3) is 5.91 Å². The van der Waals surface area contributed by atoms with Crippen LogP contribution in [0.3, 0.4) is 0 Å². The number of para-hydroxylation sites is 1. The van der Waals surface area contributed by atoms with Crippen molar-refractivity contribution in [1.82, 2.24) is 4.90 Å². The highest BCUT2D eigenvalue weighted by atomic mass is 32.1. The Morgan fingerprint density at radius 1 is 1.11 bits per heavy atom. The van der Waals surface area contributed by atoms with Crippen molar-refractivity contribution >= 4 is 28.8 Å². The normalized spacial score (nSPS) is 14.1. The van der Waals surface area contributed by atoms with Crippen molar-refractivity contribution in [1.29, 1.82) is 0 Å². The predicted octanol–water partition coefficient (Wildman–Crippen LogP) is 4.78. The van der Waals surface area contributed by atoms with E-state index in [4.69, 9.17) is 0 Å². The van der Waals surface area contributed by atoms with Crippen LogP contribution >= 0.6 is 11.3 Å². The Bertz CT molecular complexity index is 981. The van der Waals surface area contributed by atoms with E-state index in [0.29, 0.717) is 6.54 Å². The second kappa shape index (κ2) is 7.37. The molecular weight excluding hydrogens is 356 g/mol. The molecule has 1 aliphatic heterocycles. The smallest absolute Gasteiger partial charge is 0.255 e. The summed E-state index contributed by atoms with van der Waals surface area (Å²) < 4.78 is 0. The zero-order valence-electron chi connectivity index (χ0n) is 15.0. The molecule has 1 aliphatic rings. The fraction of sp³-hybridized carbons (Fsp3) is 0.182. The van der Waals surface area contributed by atoms with E-state index >= 15 is 0 Å². The highest BCUT2D eigenvalue weighted by Gasteiger charge is 2.34. The molecule has 136 valence electrons. The van der Waals surface area contributed by atoms with E-state index in [0.717, 1.165) is 27.3 Å². The Labute approximate surface area is 162 Å². The highest BCUT2D eigenvalue weighted by Crippen LogP contribution is 2.35. The first kappa shape index (κ1) is 17.5. The topological polar surface area (TPSA) is 49.4 Å². The van der Waals surface area contributed by atoms with Crippen LogP contribution in [0.15, 0.2) is 66.0 Å². The lowest BCUT2D eigenvalue weighted by Crippen LogP contribution is -2.31. The predicted molar refractivity (Wildman–Crippen MR) is 108 cm³/mol. The van der Waals surface area contributed by atoms with E-state index in [1.807, 2.05) is 77.9 Å². The van der Waals surface area contributed by atoms with Crippen LogP contribution in [-0.4, -0.2) is 16.7 Å². The number of anilines is 1. The third-order valence-corrected chi connectivity index (χ3v) is 5.87. The summed E-state index contributed by atoms with van der Waals surface area (Å²) in [4.78, 5) is 28.5. The molecule has 5 heteroatoms. The number of aryl methyl sites for hydroxylation is 1. The Morgan fingerprint density at radius 2 is 1.89 bits per heavy atom. The highest BCUT2D eigenvalue weighted by molar-refractivity contribution is 7.10. The van der Waals surface area contributed by atoms with Gasteiger partial charge in [-0.15, -0.1) is 11.3 Å². The van der Waals surface area contributed by atoms with Gasteiger partial charge in [-0.2, -0.15) is 0 Å². The quantitative estimate of drug-likeness (QED) is 0.696. The first-order valence-corrected chi connectivity index (χ1v) is 9.79. The molecule has 2 aromatic carbocycles. The van der Waals surface area contributed by atoms with Crippen molar-refractivity contribution in [3.63, 3.8) is 0 Å². The lowest BCUT2D eigenvalue weighted by atomic mass is 10.1. The molecule has 3 aromatic rings. The molecule has 0 saturated carbocycles. The summed E-state index contributed by atoms with van der Waals surface area (Å²) in [5.41, 5.74) is 3.58. The first-order chi connectivity index (χ1) is 13.1. The molecule has 1 aromatic heterocycles. The molecule has 0 spiro atoms. The number of nitrogens with one attached hydrogen (secondary N) is 1. The van der Waals surface area contributed by atoms with Crippen LogP contribution in [0, 0.1) is 6.92 Å². The second-order valence-electron chi connectivity index (χ2n) is 6.69. The van der Waals surface area contributed by atoms with E-state index in [1.54, 1.807) is 11.3 Å². The second-order valence-corrected chi connectivity index (χ2v) is 7.67. The summed E-state index contributed by atoms with van der Waals surface area (Å²) in [6.07, 6.45) is 0.231. The van der Waals surface area contributed by atoms with Crippen LogP contribution in [0.2, 0.25) is 0 Å². The first-order valence-electron chi connectivity index (χ1n) is 8.91. The van der Waals surface area contributed by atoms with E-state index in [2.05, 4.69) is 5.32 Å². The molecule has 2 heterocycles. The Kier molecular flexibility index (Phi) is 4.77. The van der Waals surface area contributed by atoms with Crippen molar-refractivity contribution in [2.75, 3.05) is 5.32 Å². The molecule has 0 aliphatic carbocycles. The Morgan fingerprint density at radius 3 is 2.63 bits per heavy atom. The van der Waals surface area contributed by atoms with Crippen molar-refractivity contribution in [3.05, 3.63) is 87.6 Å². The maximum absolute atomic E-state index is 12.9. The van der Waals surface area contributed by atoms with Crippen LogP contribution in [0.25, 0.3) is 0 Å². The molecule has 4 rings (SSSR count). The molecule has 0 bridgehead atoms. The lowest BCUT2D eigenvalue weighted by Gasteiger charge is -2.27. The average molecular weight is 376 g/mol. The molecule has 1 N–H and O–H groups in total. The maximum atomic E-state index is 12.9. The van der Waals surface area contributed by atoms with E-state index < -0.39 is 0 Å². The summed E-state index contributed by atoms with van der Waals surface area (Å²) in [6.45, 7) is 2.50. The molecule has 0 saturated heterocycles. The van der Waals surface area contributed by atoms with Gasteiger partial charge in [-0.1, -0.05) is 42.5 Å². The van der Waals surface area contributed by atoms with Gasteiger partial charge >= 0.3 is 0 Å². The van der Waals surface area contributed by atoms with E-state index in [9.17, 15) is 9.59 Å². The number of carbonyl (C=O) groups excluding carboxylic acids is 2.